The Morgan fingerprint density at radius 3 is 2.02 bits per heavy atom. The lowest BCUT2D eigenvalue weighted by atomic mass is 9.96. The molecule has 0 heterocycles. The van der Waals surface area contributed by atoms with Crippen molar-refractivity contribution in [1.29, 1.82) is 0 Å². The van der Waals surface area contributed by atoms with E-state index >= 15 is 0 Å². The van der Waals surface area contributed by atoms with Gasteiger partial charge in [-0.1, -0.05) is 69.6 Å². The molecule has 0 bridgehead atoms. The maximum atomic E-state index is 14.8. The molecule has 0 spiro atoms. The van der Waals surface area contributed by atoms with Gasteiger partial charge in [-0.3, -0.25) is 14.6 Å². The van der Waals surface area contributed by atoms with Crippen LogP contribution in [-0.2, 0) is 4.79 Å². The van der Waals surface area contributed by atoms with Crippen LogP contribution in [0.4, 0.5) is 4.39 Å². The summed E-state index contributed by atoms with van der Waals surface area (Å²) >= 11 is 6.16. The van der Waals surface area contributed by atoms with Gasteiger partial charge in [-0.2, -0.15) is 0 Å². The average molecular weight is 608 g/mol. The summed E-state index contributed by atoms with van der Waals surface area (Å²) in [6.45, 7) is 15.5. The third kappa shape index (κ3) is 9.62. The molecule has 3 rings (SSSR count). The SMILES string of the molecule is C=c1cc(-c2c(C)cc(C(=O)N(C)C)cc2F)cc/c1=C(\C(C)=O)N(C)C.CC.CCCC(=NC)c1c(C)cccc1Cl. The predicted octanol–water partition coefficient (Wildman–Crippen LogP) is 7.07. The first-order chi connectivity index (χ1) is 20.2. The highest BCUT2D eigenvalue weighted by atomic mass is 35.5. The van der Waals surface area contributed by atoms with Gasteiger partial charge in [-0.05, 0) is 66.4 Å². The van der Waals surface area contributed by atoms with Gasteiger partial charge in [0.2, 0.25) is 0 Å². The van der Waals surface area contributed by atoms with Crippen LogP contribution in [0.5, 0.6) is 0 Å². The van der Waals surface area contributed by atoms with Gasteiger partial charge in [-0.15, -0.1) is 0 Å². The van der Waals surface area contributed by atoms with Crippen molar-refractivity contribution in [1.82, 2.24) is 9.80 Å². The minimum absolute atomic E-state index is 0.0634. The third-order valence-corrected chi connectivity index (χ3v) is 6.95. The molecular weight excluding hydrogens is 561 g/mol. The van der Waals surface area contributed by atoms with E-state index in [0.29, 0.717) is 38.4 Å². The molecule has 0 aliphatic rings. The molecule has 7 heteroatoms. The number of amides is 1. The summed E-state index contributed by atoms with van der Waals surface area (Å²) in [4.78, 5) is 31.5. The molecule has 3 aromatic rings. The van der Waals surface area contributed by atoms with Crippen molar-refractivity contribution in [2.75, 3.05) is 35.2 Å². The Kier molecular flexibility index (Phi) is 15.1. The molecule has 0 unspecified atom stereocenters. The number of rotatable bonds is 7. The zero-order valence-corrected chi connectivity index (χ0v) is 28.4. The number of benzene rings is 3. The highest BCUT2D eigenvalue weighted by Gasteiger charge is 2.16. The van der Waals surface area contributed by atoms with Gasteiger partial charge in [0.25, 0.3) is 5.91 Å². The van der Waals surface area contributed by atoms with Gasteiger partial charge in [0.05, 0.1) is 5.70 Å². The molecule has 0 saturated heterocycles. The minimum Gasteiger partial charge on any atom is -0.374 e. The molecule has 232 valence electrons. The molecule has 43 heavy (non-hydrogen) atoms. The molecular formula is C36H47ClFN3O2. The average Bonchev–Trinajstić information content (AvgIpc) is 2.94. The number of aliphatic imine (C=N–C) groups is 1. The molecule has 0 fully saturated rings. The van der Waals surface area contributed by atoms with Crippen LogP contribution in [0.3, 0.4) is 0 Å². The van der Waals surface area contributed by atoms with Crippen LogP contribution < -0.4 is 10.4 Å². The number of nitrogens with zero attached hydrogens (tertiary/aromatic N) is 3. The standard InChI is InChI=1S/C22H25FN2O2.C12H16ClN.C2H6/c1-13-10-16(8-9-18(13)21(15(3)26)24(4)5)20-14(2)11-17(12-19(20)23)22(27)25(6)7;1-4-6-11(14-3)12-9(2)7-5-8-10(12)13;1-2/h8-12H,1H2,2-7H3;5,7-8H,4,6H2,1-3H3;1-2H3/b21-18-;;. The van der Waals surface area contributed by atoms with Crippen LogP contribution >= 0.6 is 11.6 Å². The Bertz CT molecular complexity index is 1530. The van der Waals surface area contributed by atoms with Crippen molar-refractivity contribution in [2.45, 2.75) is 54.4 Å². The van der Waals surface area contributed by atoms with Gasteiger partial charge in [0, 0.05) is 74.8 Å². The summed E-state index contributed by atoms with van der Waals surface area (Å²) in [7, 11) is 8.69. The number of hydrogen-bond acceptors (Lipinski definition) is 4. The Labute approximate surface area is 262 Å². The van der Waals surface area contributed by atoms with Crippen LogP contribution in [-0.4, -0.2) is 62.4 Å². The second kappa shape index (κ2) is 17.4. The quantitative estimate of drug-likeness (QED) is 0.270. The van der Waals surface area contributed by atoms with Crippen LogP contribution in [0.1, 0.15) is 67.6 Å². The maximum Gasteiger partial charge on any atom is 0.253 e. The summed E-state index contributed by atoms with van der Waals surface area (Å²) in [6.07, 6.45) is 2.08. The Morgan fingerprint density at radius 2 is 1.58 bits per heavy atom. The number of halogens is 2. The summed E-state index contributed by atoms with van der Waals surface area (Å²) < 4.78 is 14.8. The van der Waals surface area contributed by atoms with Crippen molar-refractivity contribution in [3.05, 3.63) is 92.1 Å². The zero-order chi connectivity index (χ0) is 33.0. The van der Waals surface area contributed by atoms with E-state index in [4.69, 9.17) is 11.6 Å². The molecule has 0 aromatic heterocycles. The summed E-state index contributed by atoms with van der Waals surface area (Å²) in [5.74, 6) is -0.772. The molecule has 0 radical (unpaired) electrons. The normalized spacial score (nSPS) is 11.4. The monoisotopic (exact) mass is 607 g/mol. The van der Waals surface area contributed by atoms with Crippen molar-refractivity contribution >= 4 is 41.3 Å². The molecule has 5 nitrogen and oxygen atoms in total. The van der Waals surface area contributed by atoms with E-state index in [0.717, 1.165) is 29.1 Å². The smallest absolute Gasteiger partial charge is 0.253 e. The number of carbonyl (C=O) groups is 2. The summed E-state index contributed by atoms with van der Waals surface area (Å²) in [5.41, 5.74) is 6.03. The number of Topliss-reactive ketones (excluding diaryl/α,β-unsaturated/α-hetero) is 1. The summed E-state index contributed by atoms with van der Waals surface area (Å²) in [6, 6.07) is 14.2. The molecule has 0 aliphatic heterocycles. The molecule has 0 saturated carbocycles. The van der Waals surface area contributed by atoms with E-state index in [1.807, 2.05) is 33.0 Å². The molecule has 3 aromatic carbocycles. The second-order valence-electron chi connectivity index (χ2n) is 10.4. The third-order valence-electron chi connectivity index (χ3n) is 6.64. The van der Waals surface area contributed by atoms with Gasteiger partial charge < -0.3 is 9.80 Å². The van der Waals surface area contributed by atoms with E-state index in [1.54, 1.807) is 64.3 Å². The first-order valence-corrected chi connectivity index (χ1v) is 14.9. The zero-order valence-electron chi connectivity index (χ0n) is 27.7. The number of aryl methyl sites for hydroxylation is 2. The van der Waals surface area contributed by atoms with Gasteiger partial charge in [0.1, 0.15) is 5.82 Å². The number of likely N-dealkylation sites (N-methyl/N-ethyl adjacent to an activating group) is 1. The van der Waals surface area contributed by atoms with Crippen LogP contribution in [0, 0.1) is 19.7 Å². The van der Waals surface area contributed by atoms with Crippen LogP contribution in [0.15, 0.2) is 53.5 Å². The summed E-state index contributed by atoms with van der Waals surface area (Å²) in [5, 5.41) is 2.16. The van der Waals surface area contributed by atoms with E-state index in [-0.39, 0.29) is 11.7 Å². The fraction of sp³-hybridized carbons (Fsp3) is 0.361. The van der Waals surface area contributed by atoms with Crippen molar-refractivity contribution in [2.24, 2.45) is 4.99 Å². The van der Waals surface area contributed by atoms with E-state index < -0.39 is 5.82 Å². The van der Waals surface area contributed by atoms with Crippen LogP contribution in [0.25, 0.3) is 23.4 Å². The van der Waals surface area contributed by atoms with Crippen molar-refractivity contribution < 1.29 is 14.0 Å². The largest absolute Gasteiger partial charge is 0.374 e. The molecule has 1 amide bonds. The van der Waals surface area contributed by atoms with Gasteiger partial charge in [0.15, 0.2) is 5.78 Å². The molecule has 0 aliphatic carbocycles. The number of ketones is 1. The van der Waals surface area contributed by atoms with Crippen LogP contribution in [0.2, 0.25) is 5.02 Å². The second-order valence-corrected chi connectivity index (χ2v) is 10.8. The lowest BCUT2D eigenvalue weighted by Crippen LogP contribution is -2.33. The van der Waals surface area contributed by atoms with Crippen molar-refractivity contribution in [3.8, 4) is 11.1 Å². The van der Waals surface area contributed by atoms with E-state index in [9.17, 15) is 14.0 Å². The van der Waals surface area contributed by atoms with Gasteiger partial charge >= 0.3 is 0 Å². The Hall–Kier alpha value is -3.77. The number of hydrogen-bond donors (Lipinski definition) is 0. The molecule has 0 N–H and O–H groups in total. The number of carbonyl (C=O) groups excluding carboxylic acids is 2. The fourth-order valence-corrected chi connectivity index (χ4v) is 5.13. The first-order valence-electron chi connectivity index (χ1n) is 14.5. The molecule has 0 atom stereocenters. The highest BCUT2D eigenvalue weighted by Crippen LogP contribution is 2.27. The lowest BCUT2D eigenvalue weighted by Gasteiger charge is -2.16. The van der Waals surface area contributed by atoms with E-state index in [1.165, 1.54) is 23.5 Å². The Morgan fingerprint density at radius 1 is 0.953 bits per heavy atom. The van der Waals surface area contributed by atoms with E-state index in [2.05, 4.69) is 31.5 Å². The van der Waals surface area contributed by atoms with Gasteiger partial charge in [-0.25, -0.2) is 4.39 Å². The topological polar surface area (TPSA) is 53.0 Å². The maximum absolute atomic E-state index is 14.8. The highest BCUT2D eigenvalue weighted by molar-refractivity contribution is 6.34. The first kappa shape index (κ1) is 37.3. The fourth-order valence-electron chi connectivity index (χ4n) is 4.80. The Balaban J connectivity index is 0.000000485. The van der Waals surface area contributed by atoms with Crippen molar-refractivity contribution in [3.63, 3.8) is 0 Å². The lowest BCUT2D eigenvalue weighted by molar-refractivity contribution is -0.112. The minimum atomic E-state index is -0.462. The predicted molar refractivity (Wildman–Crippen MR) is 182 cm³/mol.